The van der Waals surface area contributed by atoms with Crippen molar-refractivity contribution < 1.29 is 18.3 Å². The molecule has 2 aromatic carbocycles. The van der Waals surface area contributed by atoms with Crippen molar-refractivity contribution in [3.63, 3.8) is 0 Å². The fourth-order valence-corrected chi connectivity index (χ4v) is 4.32. The van der Waals surface area contributed by atoms with Crippen molar-refractivity contribution in [2.24, 2.45) is 5.14 Å². The maximum atomic E-state index is 11.4. The van der Waals surface area contributed by atoms with Crippen LogP contribution in [-0.4, -0.2) is 29.3 Å². The highest BCUT2D eigenvalue weighted by molar-refractivity contribution is 7.89. The van der Waals surface area contributed by atoms with Gasteiger partial charge in [0.25, 0.3) is 0 Å². The van der Waals surface area contributed by atoms with Crippen LogP contribution in [0.4, 0.5) is 0 Å². The third-order valence-electron chi connectivity index (χ3n) is 4.02. The minimum atomic E-state index is -3.81. The Morgan fingerprint density at radius 2 is 1.78 bits per heavy atom. The van der Waals surface area contributed by atoms with Gasteiger partial charge >= 0.3 is 5.97 Å². The van der Waals surface area contributed by atoms with Gasteiger partial charge in [0, 0.05) is 10.8 Å². The summed E-state index contributed by atoms with van der Waals surface area (Å²) in [6.07, 6.45) is 0. The quantitative estimate of drug-likeness (QED) is 0.547. The Morgan fingerprint density at radius 1 is 1.07 bits per heavy atom. The van der Waals surface area contributed by atoms with Gasteiger partial charge in [-0.3, -0.25) is 0 Å². The standard InChI is InChI=1S/C18H13N3O4S2/c19-27(24,25)13-7-5-12(6-8-13)21-15(10-14(20-21)18(22)23)17-9-11-3-1-2-4-16(11)26-17/h1-10H,(H,22,23)(H2,19,24,25). The minimum Gasteiger partial charge on any atom is -0.476 e. The van der Waals surface area contributed by atoms with Crippen LogP contribution in [0.3, 0.4) is 0 Å². The molecule has 4 rings (SSSR count). The molecule has 2 heterocycles. The number of hydrogen-bond acceptors (Lipinski definition) is 5. The molecule has 9 heteroatoms. The lowest BCUT2D eigenvalue weighted by Crippen LogP contribution is -2.12. The normalized spacial score (nSPS) is 11.7. The van der Waals surface area contributed by atoms with Crippen LogP contribution in [0, 0.1) is 0 Å². The van der Waals surface area contributed by atoms with Crippen molar-refractivity contribution in [2.45, 2.75) is 4.90 Å². The fraction of sp³-hybridized carbons (Fsp3) is 0. The molecule has 3 N–H and O–H groups in total. The third kappa shape index (κ3) is 3.23. The van der Waals surface area contributed by atoms with Crippen LogP contribution in [0.1, 0.15) is 10.5 Å². The molecule has 0 aliphatic carbocycles. The smallest absolute Gasteiger partial charge is 0.356 e. The van der Waals surface area contributed by atoms with Gasteiger partial charge in [0.05, 0.1) is 21.2 Å². The molecule has 0 fully saturated rings. The summed E-state index contributed by atoms with van der Waals surface area (Å²) in [5.74, 6) is -1.14. The second-order valence-corrected chi connectivity index (χ2v) is 8.46. The van der Waals surface area contributed by atoms with E-state index in [1.165, 1.54) is 46.4 Å². The number of nitrogens with two attached hydrogens (primary N) is 1. The second kappa shape index (κ2) is 6.31. The van der Waals surface area contributed by atoms with Crippen LogP contribution in [0.2, 0.25) is 0 Å². The number of hydrogen-bond donors (Lipinski definition) is 2. The van der Waals surface area contributed by atoms with E-state index in [9.17, 15) is 18.3 Å². The molecule has 136 valence electrons. The van der Waals surface area contributed by atoms with Crippen molar-refractivity contribution in [1.82, 2.24) is 9.78 Å². The van der Waals surface area contributed by atoms with E-state index in [0.29, 0.717) is 11.4 Å². The van der Waals surface area contributed by atoms with Gasteiger partial charge in [-0.25, -0.2) is 23.0 Å². The summed E-state index contributed by atoms with van der Waals surface area (Å²) in [5.41, 5.74) is 1.04. The Hall–Kier alpha value is -3.01. The van der Waals surface area contributed by atoms with Crippen molar-refractivity contribution >= 4 is 37.4 Å². The molecule has 27 heavy (non-hydrogen) atoms. The van der Waals surface area contributed by atoms with E-state index >= 15 is 0 Å². The van der Waals surface area contributed by atoms with Crippen LogP contribution >= 0.6 is 11.3 Å². The average molecular weight is 399 g/mol. The van der Waals surface area contributed by atoms with Gasteiger partial charge in [-0.05, 0) is 41.8 Å². The zero-order valence-electron chi connectivity index (χ0n) is 13.7. The first-order valence-electron chi connectivity index (χ1n) is 7.78. The number of benzene rings is 2. The van der Waals surface area contributed by atoms with Crippen molar-refractivity contribution in [3.05, 3.63) is 66.4 Å². The molecular weight excluding hydrogens is 386 g/mol. The first kappa shape index (κ1) is 17.4. The number of nitrogens with zero attached hydrogens (tertiary/aromatic N) is 2. The monoisotopic (exact) mass is 399 g/mol. The van der Waals surface area contributed by atoms with Gasteiger partial charge in [-0.1, -0.05) is 18.2 Å². The summed E-state index contributed by atoms with van der Waals surface area (Å²) < 4.78 is 25.4. The lowest BCUT2D eigenvalue weighted by molar-refractivity contribution is 0.0690. The van der Waals surface area contributed by atoms with Crippen molar-refractivity contribution in [3.8, 4) is 16.3 Å². The van der Waals surface area contributed by atoms with E-state index in [2.05, 4.69) is 5.10 Å². The van der Waals surface area contributed by atoms with Crippen LogP contribution in [0.15, 0.2) is 65.6 Å². The molecule has 7 nitrogen and oxygen atoms in total. The number of primary sulfonamides is 1. The Bertz CT molecular complexity index is 1240. The van der Waals surface area contributed by atoms with E-state index in [-0.39, 0.29) is 10.6 Å². The number of thiophene rings is 1. The maximum absolute atomic E-state index is 11.4. The maximum Gasteiger partial charge on any atom is 0.356 e. The lowest BCUT2D eigenvalue weighted by atomic mass is 10.2. The molecular formula is C18H13N3O4S2. The topological polar surface area (TPSA) is 115 Å². The average Bonchev–Trinajstić information content (AvgIpc) is 3.25. The summed E-state index contributed by atoms with van der Waals surface area (Å²) in [5, 5.41) is 19.7. The summed E-state index contributed by atoms with van der Waals surface area (Å²) >= 11 is 1.52. The Balaban J connectivity index is 1.88. The number of aromatic carboxylic acids is 1. The Morgan fingerprint density at radius 3 is 2.41 bits per heavy atom. The van der Waals surface area contributed by atoms with E-state index < -0.39 is 16.0 Å². The number of fused-ring (bicyclic) bond motifs is 1. The molecule has 0 spiro atoms. The van der Waals surface area contributed by atoms with E-state index in [0.717, 1.165) is 15.0 Å². The van der Waals surface area contributed by atoms with Gasteiger partial charge in [0.2, 0.25) is 10.0 Å². The highest BCUT2D eigenvalue weighted by atomic mass is 32.2. The fourth-order valence-electron chi connectivity index (χ4n) is 2.74. The molecule has 0 aliphatic rings. The first-order chi connectivity index (χ1) is 12.8. The minimum absolute atomic E-state index is 0.0275. The van der Waals surface area contributed by atoms with Crippen LogP contribution in [0.25, 0.3) is 26.3 Å². The zero-order chi connectivity index (χ0) is 19.2. The number of aromatic nitrogens is 2. The molecule has 4 aromatic rings. The van der Waals surface area contributed by atoms with Gasteiger partial charge in [0.1, 0.15) is 0 Å². The van der Waals surface area contributed by atoms with Gasteiger partial charge in [0.15, 0.2) is 5.69 Å². The zero-order valence-corrected chi connectivity index (χ0v) is 15.4. The molecule has 2 aromatic heterocycles. The van der Waals surface area contributed by atoms with Gasteiger partial charge < -0.3 is 5.11 Å². The van der Waals surface area contributed by atoms with Crippen LogP contribution in [-0.2, 0) is 10.0 Å². The number of carboxylic acid groups (broad SMARTS) is 1. The van der Waals surface area contributed by atoms with E-state index in [1.807, 2.05) is 30.3 Å². The van der Waals surface area contributed by atoms with Crippen LogP contribution < -0.4 is 5.14 Å². The van der Waals surface area contributed by atoms with Crippen molar-refractivity contribution in [2.75, 3.05) is 0 Å². The molecule has 0 unspecified atom stereocenters. The molecule has 0 saturated heterocycles. The predicted octanol–water partition coefficient (Wildman–Crippen LogP) is 3.10. The van der Waals surface area contributed by atoms with E-state index in [4.69, 9.17) is 5.14 Å². The Labute approximate surface area is 158 Å². The van der Waals surface area contributed by atoms with Gasteiger partial charge in [-0.2, -0.15) is 5.10 Å². The first-order valence-corrected chi connectivity index (χ1v) is 10.1. The molecule has 0 radical (unpaired) electrons. The van der Waals surface area contributed by atoms with E-state index in [1.54, 1.807) is 0 Å². The molecule has 0 atom stereocenters. The number of rotatable bonds is 4. The SMILES string of the molecule is NS(=O)(=O)c1ccc(-n2nc(C(=O)O)cc2-c2cc3ccccc3s2)cc1. The largest absolute Gasteiger partial charge is 0.476 e. The van der Waals surface area contributed by atoms with Crippen molar-refractivity contribution in [1.29, 1.82) is 0 Å². The number of sulfonamides is 1. The highest BCUT2D eigenvalue weighted by Crippen LogP contribution is 2.35. The molecule has 0 amide bonds. The summed E-state index contributed by atoms with van der Waals surface area (Å²) in [7, 11) is -3.81. The third-order valence-corrected chi connectivity index (χ3v) is 6.08. The molecule has 0 saturated carbocycles. The highest BCUT2D eigenvalue weighted by Gasteiger charge is 2.18. The number of carboxylic acids is 1. The molecule has 0 aliphatic heterocycles. The van der Waals surface area contributed by atoms with Gasteiger partial charge in [-0.15, -0.1) is 11.3 Å². The second-order valence-electron chi connectivity index (χ2n) is 5.82. The number of carbonyl (C=O) groups is 1. The lowest BCUT2D eigenvalue weighted by Gasteiger charge is -2.07. The van der Waals surface area contributed by atoms with Crippen LogP contribution in [0.5, 0.6) is 0 Å². The molecule has 0 bridgehead atoms. The Kier molecular flexibility index (Phi) is 4.06. The summed E-state index contributed by atoms with van der Waals surface area (Å²) in [6.45, 7) is 0. The summed E-state index contributed by atoms with van der Waals surface area (Å²) in [4.78, 5) is 12.2. The predicted molar refractivity (Wildman–Crippen MR) is 103 cm³/mol. The summed E-state index contributed by atoms with van der Waals surface area (Å²) in [6, 6.07) is 17.1.